The molecule has 1 saturated heterocycles. The van der Waals surface area contributed by atoms with Crippen LogP contribution in [0, 0.1) is 5.92 Å². The van der Waals surface area contributed by atoms with Crippen LogP contribution in [0.1, 0.15) is 30.6 Å². The Morgan fingerprint density at radius 1 is 1.04 bits per heavy atom. The van der Waals surface area contributed by atoms with E-state index in [0.717, 1.165) is 11.5 Å². The Balaban J connectivity index is 0.00000192. The van der Waals surface area contributed by atoms with Gasteiger partial charge in [0, 0.05) is 12.3 Å². The van der Waals surface area contributed by atoms with Gasteiger partial charge in [-0.1, -0.05) is 60.7 Å². The number of likely N-dealkylation sites (tertiary alicyclic amines) is 1. The van der Waals surface area contributed by atoms with Crippen molar-refractivity contribution in [2.45, 2.75) is 31.9 Å². The van der Waals surface area contributed by atoms with Crippen LogP contribution in [0.3, 0.4) is 0 Å². The summed E-state index contributed by atoms with van der Waals surface area (Å²) < 4.78 is 0. The molecule has 23 heavy (non-hydrogen) atoms. The second-order valence-electron chi connectivity index (χ2n) is 6.60. The van der Waals surface area contributed by atoms with E-state index in [2.05, 4.69) is 37.3 Å². The fraction of sp³-hybridized carbons (Fsp3) is 0.400. The van der Waals surface area contributed by atoms with E-state index in [4.69, 9.17) is 0 Å². The van der Waals surface area contributed by atoms with Crippen molar-refractivity contribution in [1.82, 2.24) is 0 Å². The van der Waals surface area contributed by atoms with Gasteiger partial charge in [0.1, 0.15) is 12.1 Å². The van der Waals surface area contributed by atoms with Crippen LogP contribution in [0.5, 0.6) is 0 Å². The number of aliphatic hydroxyl groups is 1. The number of rotatable bonds is 5. The molecule has 3 rings (SSSR count). The lowest BCUT2D eigenvalue weighted by molar-refractivity contribution is -0.917. The number of benzene rings is 2. The third-order valence-corrected chi connectivity index (χ3v) is 5.05. The maximum Gasteiger partial charge on any atom is 0.130 e. The van der Waals surface area contributed by atoms with E-state index in [1.807, 2.05) is 30.3 Å². The minimum absolute atomic E-state index is 0. The third-order valence-electron chi connectivity index (χ3n) is 5.05. The SMILES string of the molecule is C[C@H]([C@@H](O)c1ccccc1)[NH+]1CC[C@@H](Cc2ccccc2)C1.[OH-]. The monoisotopic (exact) mass is 313 g/mol. The molecular weight excluding hydrogens is 286 g/mol. The topological polar surface area (TPSA) is 54.7 Å². The first kappa shape index (κ1) is 17.7. The molecule has 4 atom stereocenters. The Hall–Kier alpha value is -1.68. The molecule has 2 aromatic rings. The summed E-state index contributed by atoms with van der Waals surface area (Å²) in [5.74, 6) is 0.739. The fourth-order valence-electron chi connectivity index (χ4n) is 3.66. The average molecular weight is 313 g/mol. The van der Waals surface area contributed by atoms with E-state index in [0.29, 0.717) is 0 Å². The van der Waals surface area contributed by atoms with Crippen LogP contribution < -0.4 is 4.90 Å². The van der Waals surface area contributed by atoms with Gasteiger partial charge in [0.05, 0.1) is 13.1 Å². The number of aliphatic hydroxyl groups excluding tert-OH is 1. The number of hydrogen-bond donors (Lipinski definition) is 2. The van der Waals surface area contributed by atoms with Gasteiger partial charge in [-0.25, -0.2) is 0 Å². The first-order chi connectivity index (χ1) is 10.7. The summed E-state index contributed by atoms with van der Waals surface area (Å²) in [7, 11) is 0. The van der Waals surface area contributed by atoms with Gasteiger partial charge in [0.25, 0.3) is 0 Å². The highest BCUT2D eigenvalue weighted by atomic mass is 16.3. The minimum atomic E-state index is -0.369. The van der Waals surface area contributed by atoms with Crippen molar-refractivity contribution in [1.29, 1.82) is 0 Å². The van der Waals surface area contributed by atoms with Gasteiger partial charge in [-0.2, -0.15) is 0 Å². The molecule has 124 valence electrons. The molecule has 0 saturated carbocycles. The van der Waals surface area contributed by atoms with Crippen molar-refractivity contribution >= 4 is 0 Å². The van der Waals surface area contributed by atoms with Crippen LogP contribution in [0.4, 0.5) is 0 Å². The van der Waals surface area contributed by atoms with Gasteiger partial charge >= 0.3 is 0 Å². The molecule has 0 radical (unpaired) electrons. The third kappa shape index (κ3) is 4.41. The lowest BCUT2D eigenvalue weighted by Gasteiger charge is -2.26. The summed E-state index contributed by atoms with van der Waals surface area (Å²) >= 11 is 0. The van der Waals surface area contributed by atoms with Crippen molar-refractivity contribution < 1.29 is 15.5 Å². The molecule has 1 aliphatic rings. The predicted octanol–water partition coefficient (Wildman–Crippen LogP) is 2.08. The summed E-state index contributed by atoms with van der Waals surface area (Å²) in [6.45, 7) is 4.51. The molecule has 1 heterocycles. The van der Waals surface area contributed by atoms with Gasteiger partial charge < -0.3 is 15.5 Å². The Labute approximate surface area is 138 Å². The van der Waals surface area contributed by atoms with Crippen molar-refractivity contribution in [3.63, 3.8) is 0 Å². The summed E-state index contributed by atoms with van der Waals surface area (Å²) in [5, 5.41) is 10.6. The quantitative estimate of drug-likeness (QED) is 0.888. The normalized spacial score (nSPS) is 23.0. The van der Waals surface area contributed by atoms with Crippen LogP contribution in [0.25, 0.3) is 0 Å². The molecule has 3 nitrogen and oxygen atoms in total. The standard InChI is InChI=1S/C20H25NO.H2O/c1-16(20(22)19-10-6-3-7-11-19)21-13-12-18(15-21)14-17-8-4-2-5-9-17;/h2-11,16,18,20,22H,12-15H2,1H3;1H2/t16-,18+,20-;/m1./s1. The molecule has 3 N–H and O–H groups in total. The molecule has 0 amide bonds. The molecular formula is C20H27NO2. The Morgan fingerprint density at radius 2 is 1.65 bits per heavy atom. The molecule has 1 aliphatic heterocycles. The zero-order valence-corrected chi connectivity index (χ0v) is 13.7. The van der Waals surface area contributed by atoms with Crippen molar-refractivity contribution in [3.05, 3.63) is 71.8 Å². The Bertz CT molecular complexity index is 573. The van der Waals surface area contributed by atoms with E-state index >= 15 is 0 Å². The van der Waals surface area contributed by atoms with E-state index < -0.39 is 0 Å². The van der Waals surface area contributed by atoms with Crippen LogP contribution >= 0.6 is 0 Å². The molecule has 1 unspecified atom stereocenters. The summed E-state index contributed by atoms with van der Waals surface area (Å²) in [6, 6.07) is 21.1. The zero-order valence-electron chi connectivity index (χ0n) is 13.7. The van der Waals surface area contributed by atoms with Gasteiger partial charge in [0.2, 0.25) is 0 Å². The number of hydrogen-bond acceptors (Lipinski definition) is 2. The highest BCUT2D eigenvalue weighted by molar-refractivity contribution is 5.18. The first-order valence-corrected chi connectivity index (χ1v) is 8.35. The molecule has 0 aromatic heterocycles. The van der Waals surface area contributed by atoms with E-state index in [1.165, 1.54) is 36.4 Å². The lowest BCUT2D eigenvalue weighted by atomic mass is 9.98. The second kappa shape index (κ2) is 8.25. The molecule has 3 heteroatoms. The first-order valence-electron chi connectivity index (χ1n) is 8.35. The van der Waals surface area contributed by atoms with Gasteiger partial charge in [0.15, 0.2) is 0 Å². The smallest absolute Gasteiger partial charge is 0.130 e. The number of quaternary nitrogens is 1. The molecule has 1 fully saturated rings. The fourth-order valence-corrected chi connectivity index (χ4v) is 3.66. The molecule has 0 aliphatic carbocycles. The largest absolute Gasteiger partial charge is 0.870 e. The average Bonchev–Trinajstić information content (AvgIpc) is 3.04. The van der Waals surface area contributed by atoms with Crippen molar-refractivity contribution in [2.75, 3.05) is 13.1 Å². The van der Waals surface area contributed by atoms with Crippen molar-refractivity contribution in [3.8, 4) is 0 Å². The summed E-state index contributed by atoms with van der Waals surface area (Å²) in [4.78, 5) is 1.54. The summed E-state index contributed by atoms with van der Waals surface area (Å²) in [6.07, 6.45) is 2.06. The maximum atomic E-state index is 10.6. The Morgan fingerprint density at radius 3 is 2.30 bits per heavy atom. The predicted molar refractivity (Wildman–Crippen MR) is 91.7 cm³/mol. The maximum absolute atomic E-state index is 10.6. The highest BCUT2D eigenvalue weighted by Crippen LogP contribution is 2.18. The highest BCUT2D eigenvalue weighted by Gasteiger charge is 2.33. The molecule has 2 aromatic carbocycles. The van der Waals surface area contributed by atoms with Crippen LogP contribution in [0.2, 0.25) is 0 Å². The van der Waals surface area contributed by atoms with Crippen molar-refractivity contribution in [2.24, 2.45) is 5.92 Å². The van der Waals surface area contributed by atoms with Gasteiger partial charge in [-0.3, -0.25) is 0 Å². The van der Waals surface area contributed by atoms with Crippen LogP contribution in [-0.2, 0) is 6.42 Å². The number of nitrogens with one attached hydrogen (secondary N) is 1. The minimum Gasteiger partial charge on any atom is -0.870 e. The van der Waals surface area contributed by atoms with Gasteiger partial charge in [-0.15, -0.1) is 0 Å². The van der Waals surface area contributed by atoms with Gasteiger partial charge in [-0.05, 0) is 24.5 Å². The van der Waals surface area contributed by atoms with E-state index in [9.17, 15) is 5.11 Å². The van der Waals surface area contributed by atoms with E-state index in [1.54, 1.807) is 0 Å². The van der Waals surface area contributed by atoms with Crippen LogP contribution in [-0.4, -0.2) is 29.7 Å². The van der Waals surface area contributed by atoms with Crippen LogP contribution in [0.15, 0.2) is 60.7 Å². The summed E-state index contributed by atoms with van der Waals surface area (Å²) in [5.41, 5.74) is 2.47. The molecule has 0 spiro atoms. The molecule has 0 bridgehead atoms. The van der Waals surface area contributed by atoms with E-state index in [-0.39, 0.29) is 17.6 Å². The zero-order chi connectivity index (χ0) is 15.4. The second-order valence-corrected chi connectivity index (χ2v) is 6.60. The Kier molecular flexibility index (Phi) is 6.34. The lowest BCUT2D eigenvalue weighted by Crippen LogP contribution is -3.14.